The Hall–Kier alpha value is -1.49. The van der Waals surface area contributed by atoms with Crippen molar-refractivity contribution in [2.45, 2.75) is 31.0 Å². The van der Waals surface area contributed by atoms with E-state index in [1.807, 2.05) is 24.3 Å². The van der Waals surface area contributed by atoms with Gasteiger partial charge in [0, 0.05) is 6.04 Å². The summed E-state index contributed by atoms with van der Waals surface area (Å²) in [5.41, 5.74) is 1.59. The Balaban J connectivity index is 1.54. The maximum Gasteiger partial charge on any atom is 0.257 e. The number of fused-ring (bicyclic) bond motifs is 1. The molecule has 1 N–H and O–H groups in total. The number of thioether (sulfide) groups is 1. The minimum atomic E-state index is 0.0478. The summed E-state index contributed by atoms with van der Waals surface area (Å²) in [4.78, 5) is 16.1. The van der Waals surface area contributed by atoms with Gasteiger partial charge < -0.3 is 9.73 Å². The van der Waals surface area contributed by atoms with E-state index >= 15 is 0 Å². The molecule has 1 amide bonds. The lowest BCUT2D eigenvalue weighted by atomic mass is 10.2. The van der Waals surface area contributed by atoms with Gasteiger partial charge in [-0.1, -0.05) is 23.9 Å². The van der Waals surface area contributed by atoms with E-state index in [2.05, 4.69) is 17.2 Å². The average molecular weight is 276 g/mol. The molecule has 1 saturated carbocycles. The topological polar surface area (TPSA) is 55.1 Å². The van der Waals surface area contributed by atoms with E-state index < -0.39 is 0 Å². The lowest BCUT2D eigenvalue weighted by molar-refractivity contribution is -0.119. The average Bonchev–Trinajstić information content (AvgIpc) is 3.16. The number of nitrogens with zero attached hydrogens (tertiary/aromatic N) is 1. The van der Waals surface area contributed by atoms with Gasteiger partial charge in [-0.25, -0.2) is 4.98 Å². The van der Waals surface area contributed by atoms with E-state index in [0.717, 1.165) is 11.1 Å². The Labute approximate surface area is 116 Å². The zero-order chi connectivity index (χ0) is 13.2. The Kier molecular flexibility index (Phi) is 3.46. The summed E-state index contributed by atoms with van der Waals surface area (Å²) in [5.74, 6) is 1.08. The van der Waals surface area contributed by atoms with Gasteiger partial charge in [-0.3, -0.25) is 4.79 Å². The summed E-state index contributed by atoms with van der Waals surface area (Å²) >= 11 is 1.34. The normalized spacial score (nSPS) is 16.5. The van der Waals surface area contributed by atoms with E-state index in [-0.39, 0.29) is 11.9 Å². The molecule has 1 atom stereocenters. The molecule has 0 radical (unpaired) electrons. The molecular weight excluding hydrogens is 260 g/mol. The van der Waals surface area contributed by atoms with Gasteiger partial charge in [-0.2, -0.15) is 0 Å². The van der Waals surface area contributed by atoms with Crippen molar-refractivity contribution in [1.29, 1.82) is 0 Å². The maximum atomic E-state index is 11.8. The standard InChI is InChI=1S/C14H16N2O2S/c1-9(10-6-7-10)15-13(17)8-19-14-16-11-4-2-3-5-12(11)18-14/h2-5,9-10H,6-8H2,1H3,(H,15,17). The van der Waals surface area contributed by atoms with Crippen LogP contribution in [0, 0.1) is 5.92 Å². The minimum Gasteiger partial charge on any atom is -0.431 e. The molecule has 100 valence electrons. The predicted molar refractivity (Wildman–Crippen MR) is 75.1 cm³/mol. The maximum absolute atomic E-state index is 11.8. The Morgan fingerprint density at radius 3 is 3.05 bits per heavy atom. The number of hydrogen-bond donors (Lipinski definition) is 1. The number of amides is 1. The number of para-hydroxylation sites is 2. The first kappa shape index (κ1) is 12.5. The van der Waals surface area contributed by atoms with Crippen molar-refractivity contribution in [3.63, 3.8) is 0 Å². The van der Waals surface area contributed by atoms with E-state index in [9.17, 15) is 4.79 Å². The SMILES string of the molecule is CC(NC(=O)CSc1nc2ccccc2o1)C1CC1. The van der Waals surface area contributed by atoms with Gasteiger partial charge >= 0.3 is 0 Å². The molecule has 2 aromatic rings. The van der Waals surface area contributed by atoms with Gasteiger partial charge in [0.15, 0.2) is 5.58 Å². The Morgan fingerprint density at radius 2 is 2.32 bits per heavy atom. The van der Waals surface area contributed by atoms with Crippen molar-refractivity contribution < 1.29 is 9.21 Å². The van der Waals surface area contributed by atoms with Crippen molar-refractivity contribution >= 4 is 28.8 Å². The Bertz CT molecular complexity index is 559. The van der Waals surface area contributed by atoms with Crippen LogP contribution in [0.1, 0.15) is 19.8 Å². The van der Waals surface area contributed by atoms with Gasteiger partial charge in [0.05, 0.1) is 5.75 Å². The summed E-state index contributed by atoms with van der Waals surface area (Å²) in [6.45, 7) is 2.07. The van der Waals surface area contributed by atoms with Crippen molar-refractivity contribution in [2.75, 3.05) is 5.75 Å². The number of nitrogens with one attached hydrogen (secondary N) is 1. The van der Waals surface area contributed by atoms with Gasteiger partial charge in [0.25, 0.3) is 5.22 Å². The third-order valence-electron chi connectivity index (χ3n) is 3.32. The second kappa shape index (κ2) is 5.25. The van der Waals surface area contributed by atoms with Crippen LogP contribution in [0.4, 0.5) is 0 Å². The number of oxazole rings is 1. The third-order valence-corrected chi connectivity index (χ3v) is 4.15. The largest absolute Gasteiger partial charge is 0.431 e. The smallest absolute Gasteiger partial charge is 0.257 e. The molecule has 1 aliphatic carbocycles. The lowest BCUT2D eigenvalue weighted by Crippen LogP contribution is -2.35. The lowest BCUT2D eigenvalue weighted by Gasteiger charge is -2.11. The highest BCUT2D eigenvalue weighted by Crippen LogP contribution is 2.32. The van der Waals surface area contributed by atoms with Crippen LogP contribution < -0.4 is 5.32 Å². The fraction of sp³-hybridized carbons (Fsp3) is 0.429. The van der Waals surface area contributed by atoms with Crippen molar-refractivity contribution in [3.05, 3.63) is 24.3 Å². The number of carbonyl (C=O) groups is 1. The molecule has 1 unspecified atom stereocenters. The minimum absolute atomic E-state index is 0.0478. The van der Waals surface area contributed by atoms with E-state index in [1.165, 1.54) is 24.6 Å². The quantitative estimate of drug-likeness (QED) is 0.853. The van der Waals surface area contributed by atoms with Crippen LogP contribution in [0.5, 0.6) is 0 Å². The number of hydrogen-bond acceptors (Lipinski definition) is 4. The number of benzene rings is 1. The number of carbonyl (C=O) groups excluding carboxylic acids is 1. The highest BCUT2D eigenvalue weighted by molar-refractivity contribution is 7.99. The monoisotopic (exact) mass is 276 g/mol. The highest BCUT2D eigenvalue weighted by Gasteiger charge is 2.28. The van der Waals surface area contributed by atoms with Crippen molar-refractivity contribution in [3.8, 4) is 0 Å². The van der Waals surface area contributed by atoms with E-state index in [0.29, 0.717) is 16.9 Å². The van der Waals surface area contributed by atoms with Gasteiger partial charge in [-0.15, -0.1) is 0 Å². The molecule has 1 aliphatic rings. The molecule has 5 heteroatoms. The van der Waals surface area contributed by atoms with Gasteiger partial charge in [0.1, 0.15) is 5.52 Å². The summed E-state index contributed by atoms with van der Waals surface area (Å²) in [7, 11) is 0. The zero-order valence-electron chi connectivity index (χ0n) is 10.8. The molecule has 0 spiro atoms. The first-order valence-electron chi connectivity index (χ1n) is 6.50. The molecule has 1 fully saturated rings. The molecular formula is C14H16N2O2S. The summed E-state index contributed by atoms with van der Waals surface area (Å²) < 4.78 is 5.56. The third kappa shape index (κ3) is 3.10. The predicted octanol–water partition coefficient (Wildman–Crippen LogP) is 2.83. The molecule has 0 saturated heterocycles. The Morgan fingerprint density at radius 1 is 1.53 bits per heavy atom. The highest BCUT2D eigenvalue weighted by atomic mass is 32.2. The first-order valence-corrected chi connectivity index (χ1v) is 7.48. The molecule has 19 heavy (non-hydrogen) atoms. The first-order chi connectivity index (χ1) is 9.22. The van der Waals surface area contributed by atoms with Crippen LogP contribution in [0.15, 0.2) is 33.9 Å². The van der Waals surface area contributed by atoms with Gasteiger partial charge in [-0.05, 0) is 37.8 Å². The fourth-order valence-electron chi connectivity index (χ4n) is 2.05. The van der Waals surface area contributed by atoms with E-state index in [4.69, 9.17) is 4.42 Å². The molecule has 4 nitrogen and oxygen atoms in total. The summed E-state index contributed by atoms with van der Waals surface area (Å²) in [5, 5.41) is 3.57. The summed E-state index contributed by atoms with van der Waals surface area (Å²) in [6.07, 6.45) is 2.47. The number of rotatable bonds is 5. The fourth-order valence-corrected chi connectivity index (χ4v) is 2.70. The van der Waals surface area contributed by atoms with Crippen LogP contribution >= 0.6 is 11.8 Å². The van der Waals surface area contributed by atoms with Crippen LogP contribution in [0.3, 0.4) is 0 Å². The molecule has 3 rings (SSSR count). The van der Waals surface area contributed by atoms with E-state index in [1.54, 1.807) is 0 Å². The van der Waals surface area contributed by atoms with Crippen molar-refractivity contribution in [1.82, 2.24) is 10.3 Å². The molecule has 1 heterocycles. The zero-order valence-corrected chi connectivity index (χ0v) is 11.6. The van der Waals surface area contributed by atoms with Gasteiger partial charge in [0.2, 0.25) is 5.91 Å². The van der Waals surface area contributed by atoms with Crippen LogP contribution in [0.25, 0.3) is 11.1 Å². The van der Waals surface area contributed by atoms with Crippen LogP contribution in [-0.2, 0) is 4.79 Å². The van der Waals surface area contributed by atoms with Crippen LogP contribution in [-0.4, -0.2) is 22.7 Å². The second-order valence-corrected chi connectivity index (χ2v) is 5.86. The second-order valence-electron chi connectivity index (χ2n) is 4.93. The van der Waals surface area contributed by atoms with Crippen LogP contribution in [0.2, 0.25) is 0 Å². The number of aromatic nitrogens is 1. The molecule has 0 aliphatic heterocycles. The molecule has 1 aromatic carbocycles. The molecule has 0 bridgehead atoms. The van der Waals surface area contributed by atoms with Crippen molar-refractivity contribution in [2.24, 2.45) is 5.92 Å². The molecule has 1 aromatic heterocycles. The summed E-state index contributed by atoms with van der Waals surface area (Å²) in [6, 6.07) is 7.89.